The third kappa shape index (κ3) is 3.26. The highest BCUT2D eigenvalue weighted by atomic mass is 32.1. The van der Waals surface area contributed by atoms with E-state index >= 15 is 0 Å². The van der Waals surface area contributed by atoms with Crippen LogP contribution in [0.25, 0.3) is 0 Å². The maximum absolute atomic E-state index is 5.90. The van der Waals surface area contributed by atoms with Crippen molar-refractivity contribution in [3.8, 4) is 5.75 Å². The van der Waals surface area contributed by atoms with Crippen LogP contribution in [-0.4, -0.2) is 22.9 Å². The van der Waals surface area contributed by atoms with Crippen LogP contribution < -0.4 is 10.5 Å². The molecule has 0 fully saturated rings. The molecule has 0 saturated carbocycles. The zero-order valence-electron chi connectivity index (χ0n) is 13.9. The van der Waals surface area contributed by atoms with Gasteiger partial charge in [-0.15, -0.1) is 0 Å². The Kier molecular flexibility index (Phi) is 4.81. The Hall–Kier alpha value is -2.40. The summed E-state index contributed by atoms with van der Waals surface area (Å²) in [5.74, 6) is 0.829. The molecule has 3 rings (SSSR count). The number of methoxy groups -OCH3 is 1. The fourth-order valence-electron chi connectivity index (χ4n) is 2.91. The second-order valence-corrected chi connectivity index (χ2v) is 6.19. The van der Waals surface area contributed by atoms with Gasteiger partial charge in [0.2, 0.25) is 0 Å². The van der Waals surface area contributed by atoms with E-state index in [1.165, 1.54) is 11.1 Å². The molecule has 0 radical (unpaired) electrons. The van der Waals surface area contributed by atoms with Crippen LogP contribution in [0.2, 0.25) is 0 Å². The minimum atomic E-state index is 0.0468. The Bertz CT molecular complexity index is 753. The van der Waals surface area contributed by atoms with Crippen molar-refractivity contribution >= 4 is 23.0 Å². The van der Waals surface area contributed by atoms with Gasteiger partial charge in [-0.05, 0) is 59.6 Å². The summed E-state index contributed by atoms with van der Waals surface area (Å²) in [4.78, 5) is 0. The highest BCUT2D eigenvalue weighted by Crippen LogP contribution is 2.33. The van der Waals surface area contributed by atoms with Gasteiger partial charge in [0.1, 0.15) is 5.75 Å². The monoisotopic (exact) mass is 339 g/mol. The molecule has 0 bridgehead atoms. The van der Waals surface area contributed by atoms with Crippen molar-refractivity contribution in [1.29, 1.82) is 0 Å². The number of aryl methyl sites for hydroxylation is 1. The molecule has 1 aliphatic heterocycles. The van der Waals surface area contributed by atoms with Crippen molar-refractivity contribution in [1.82, 2.24) is 5.01 Å². The molecule has 24 heavy (non-hydrogen) atoms. The number of hydrogen-bond donors (Lipinski definition) is 1. The number of hydrazone groups is 1. The van der Waals surface area contributed by atoms with E-state index in [0.717, 1.165) is 29.9 Å². The fourth-order valence-corrected chi connectivity index (χ4v) is 3.07. The fraction of sp³-hybridized carbons (Fsp3) is 0.263. The van der Waals surface area contributed by atoms with E-state index in [2.05, 4.69) is 36.3 Å². The van der Waals surface area contributed by atoms with Crippen molar-refractivity contribution < 1.29 is 4.74 Å². The van der Waals surface area contributed by atoms with Crippen LogP contribution in [0.1, 0.15) is 36.1 Å². The number of nitrogens with two attached hydrogens (primary N) is 1. The second kappa shape index (κ2) is 7.01. The van der Waals surface area contributed by atoms with Crippen LogP contribution in [0.5, 0.6) is 5.75 Å². The zero-order chi connectivity index (χ0) is 17.1. The van der Waals surface area contributed by atoms with E-state index in [1.54, 1.807) is 12.1 Å². The number of ether oxygens (including phenoxy) is 1. The van der Waals surface area contributed by atoms with Gasteiger partial charge in [-0.2, -0.15) is 5.10 Å². The van der Waals surface area contributed by atoms with Crippen LogP contribution in [0, 0.1) is 0 Å². The van der Waals surface area contributed by atoms with Crippen LogP contribution in [0.15, 0.2) is 53.6 Å². The van der Waals surface area contributed by atoms with Crippen LogP contribution >= 0.6 is 12.2 Å². The number of thiocarbonyl (C=S) groups is 1. The zero-order valence-corrected chi connectivity index (χ0v) is 14.7. The molecule has 2 aromatic carbocycles. The Balaban J connectivity index is 1.88. The minimum absolute atomic E-state index is 0.0468. The molecule has 0 aromatic heterocycles. The number of hydrogen-bond acceptors (Lipinski definition) is 3. The molecule has 1 atom stereocenters. The Morgan fingerprint density at radius 3 is 2.42 bits per heavy atom. The van der Waals surface area contributed by atoms with E-state index in [9.17, 15) is 0 Å². The minimum Gasteiger partial charge on any atom is -0.497 e. The molecule has 1 heterocycles. The first kappa shape index (κ1) is 16.5. The van der Waals surface area contributed by atoms with Gasteiger partial charge >= 0.3 is 0 Å². The van der Waals surface area contributed by atoms with Gasteiger partial charge in [0, 0.05) is 6.42 Å². The smallest absolute Gasteiger partial charge is 0.187 e. The van der Waals surface area contributed by atoms with E-state index in [1.807, 2.05) is 24.3 Å². The van der Waals surface area contributed by atoms with E-state index < -0.39 is 0 Å². The van der Waals surface area contributed by atoms with E-state index in [-0.39, 0.29) is 6.04 Å². The first-order valence-corrected chi connectivity index (χ1v) is 8.42. The van der Waals surface area contributed by atoms with Crippen molar-refractivity contribution in [2.24, 2.45) is 10.8 Å². The maximum atomic E-state index is 5.90. The van der Waals surface area contributed by atoms with Crippen LogP contribution in [-0.2, 0) is 6.42 Å². The van der Waals surface area contributed by atoms with Gasteiger partial charge in [-0.1, -0.05) is 31.2 Å². The van der Waals surface area contributed by atoms with Gasteiger partial charge in [-0.3, -0.25) is 0 Å². The van der Waals surface area contributed by atoms with Crippen molar-refractivity contribution in [3.05, 3.63) is 65.2 Å². The summed E-state index contributed by atoms with van der Waals surface area (Å²) in [6.07, 6.45) is 1.80. The van der Waals surface area contributed by atoms with Crippen molar-refractivity contribution in [2.45, 2.75) is 25.8 Å². The summed E-state index contributed by atoms with van der Waals surface area (Å²) < 4.78 is 5.21. The standard InChI is InChI=1S/C19H21N3OS/c1-3-13-4-6-15(7-5-13)18-12-17(21-22(18)19(20)24)14-8-10-16(23-2)11-9-14/h4-11,18H,3,12H2,1-2H3,(H2,20,24)/t18-/m0/s1. The molecule has 0 amide bonds. The topological polar surface area (TPSA) is 50.8 Å². The van der Waals surface area contributed by atoms with E-state index in [4.69, 9.17) is 22.7 Å². The quantitative estimate of drug-likeness (QED) is 0.864. The summed E-state index contributed by atoms with van der Waals surface area (Å²) in [6, 6.07) is 16.5. The first-order chi connectivity index (χ1) is 11.6. The number of rotatable bonds is 4. The Morgan fingerprint density at radius 1 is 1.21 bits per heavy atom. The summed E-state index contributed by atoms with van der Waals surface area (Å²) in [5, 5.41) is 6.70. The molecule has 4 nitrogen and oxygen atoms in total. The molecular formula is C19H21N3OS. The van der Waals surface area contributed by atoms with Crippen LogP contribution in [0.4, 0.5) is 0 Å². The summed E-state index contributed by atoms with van der Waals surface area (Å²) in [5.41, 5.74) is 10.4. The van der Waals surface area contributed by atoms with E-state index in [0.29, 0.717) is 5.11 Å². The average Bonchev–Trinajstić information content (AvgIpc) is 3.07. The lowest BCUT2D eigenvalue weighted by atomic mass is 9.97. The second-order valence-electron chi connectivity index (χ2n) is 5.77. The first-order valence-electron chi connectivity index (χ1n) is 8.01. The highest BCUT2D eigenvalue weighted by molar-refractivity contribution is 7.80. The normalized spacial score (nSPS) is 16.8. The van der Waals surface area contributed by atoms with Gasteiger partial charge < -0.3 is 10.5 Å². The Morgan fingerprint density at radius 2 is 1.88 bits per heavy atom. The lowest BCUT2D eigenvalue weighted by molar-refractivity contribution is 0.372. The molecule has 0 unspecified atom stereocenters. The van der Waals surface area contributed by atoms with Gasteiger partial charge in [0.15, 0.2) is 5.11 Å². The Labute approximate surface area is 147 Å². The molecule has 1 aliphatic rings. The van der Waals surface area contributed by atoms with Crippen molar-refractivity contribution in [2.75, 3.05) is 7.11 Å². The largest absolute Gasteiger partial charge is 0.497 e. The maximum Gasteiger partial charge on any atom is 0.187 e. The predicted molar refractivity (Wildman–Crippen MR) is 101 cm³/mol. The van der Waals surface area contributed by atoms with Gasteiger partial charge in [0.25, 0.3) is 0 Å². The molecule has 0 aliphatic carbocycles. The molecule has 2 aromatic rings. The third-order valence-electron chi connectivity index (χ3n) is 4.33. The third-order valence-corrected chi connectivity index (χ3v) is 4.52. The molecule has 2 N–H and O–H groups in total. The molecule has 5 heteroatoms. The molecule has 0 spiro atoms. The number of benzene rings is 2. The highest BCUT2D eigenvalue weighted by Gasteiger charge is 2.30. The number of nitrogens with zero attached hydrogens (tertiary/aromatic N) is 2. The van der Waals surface area contributed by atoms with Crippen molar-refractivity contribution in [3.63, 3.8) is 0 Å². The lowest BCUT2D eigenvalue weighted by Gasteiger charge is -2.22. The molecule has 0 saturated heterocycles. The van der Waals surface area contributed by atoms with Crippen LogP contribution in [0.3, 0.4) is 0 Å². The average molecular weight is 339 g/mol. The SMILES string of the molecule is CCc1ccc([C@@H]2CC(c3ccc(OC)cc3)=NN2C(N)=S)cc1. The predicted octanol–water partition coefficient (Wildman–Crippen LogP) is 3.65. The molecular weight excluding hydrogens is 318 g/mol. The summed E-state index contributed by atoms with van der Waals surface area (Å²) in [7, 11) is 1.66. The summed E-state index contributed by atoms with van der Waals surface area (Å²) >= 11 is 5.20. The molecule has 124 valence electrons. The van der Waals surface area contributed by atoms with Gasteiger partial charge in [-0.25, -0.2) is 5.01 Å². The lowest BCUT2D eigenvalue weighted by Crippen LogP contribution is -2.31. The van der Waals surface area contributed by atoms with Gasteiger partial charge in [0.05, 0.1) is 18.9 Å². The summed E-state index contributed by atoms with van der Waals surface area (Å²) in [6.45, 7) is 2.15.